The lowest BCUT2D eigenvalue weighted by Crippen LogP contribution is -2.74. The highest BCUT2D eigenvalue weighted by Crippen LogP contribution is 2.14. The van der Waals surface area contributed by atoms with Crippen LogP contribution in [0.5, 0.6) is 5.75 Å². The maximum atomic E-state index is 9.43. The van der Waals surface area contributed by atoms with Crippen LogP contribution in [0.4, 0.5) is 0 Å². The van der Waals surface area contributed by atoms with Crippen molar-refractivity contribution in [1.82, 2.24) is 0 Å². The van der Waals surface area contributed by atoms with Crippen LogP contribution in [-0.2, 0) is 0 Å². The van der Waals surface area contributed by atoms with Gasteiger partial charge in [-0.25, -0.2) is 0 Å². The molecule has 2 N–H and O–H groups in total. The first kappa shape index (κ1) is 14.8. The van der Waals surface area contributed by atoms with E-state index >= 15 is 0 Å². The number of hydrogen-bond acceptors (Lipinski definition) is 3. The van der Waals surface area contributed by atoms with Gasteiger partial charge in [0, 0.05) is 0 Å². The summed E-state index contributed by atoms with van der Waals surface area (Å²) in [5.74, 6) is -0.430. The lowest BCUT2D eigenvalue weighted by Gasteiger charge is -2.34. The molecule has 0 aliphatic carbocycles. The van der Waals surface area contributed by atoms with Crippen molar-refractivity contribution in [2.45, 2.75) is 0 Å². The first-order valence-corrected chi connectivity index (χ1v) is 11.2. The molecule has 0 saturated heterocycles. The first-order chi connectivity index (χ1) is 15.9. The van der Waals surface area contributed by atoms with Crippen LogP contribution in [0.2, 0.25) is 0 Å². The zero-order chi connectivity index (χ0) is 23.6. The number of rotatable bonds is 6. The van der Waals surface area contributed by atoms with Gasteiger partial charge in [0.05, 0.1) is 5.48 Å². The molecule has 0 atom stereocenters. The molecule has 0 aromatic heterocycles. The Bertz CT molecular complexity index is 1160. The van der Waals surface area contributed by atoms with E-state index in [1.54, 1.807) is 0 Å². The van der Waals surface area contributed by atoms with Gasteiger partial charge in [-0.3, -0.25) is 0 Å². The fourth-order valence-corrected chi connectivity index (χ4v) is 8.17. The van der Waals surface area contributed by atoms with Crippen molar-refractivity contribution in [3.63, 3.8) is 0 Å². The van der Waals surface area contributed by atoms with Gasteiger partial charge in [0.1, 0.15) is 5.75 Å². The average Bonchev–Trinajstić information content (AvgIpc) is 2.85. The monoisotopic (exact) mass is 400 g/mol. The first-order valence-electron chi connectivity index (χ1n) is 11.2. The number of hydrogen-bond donors (Lipinski definition) is 2. The van der Waals surface area contributed by atoms with Gasteiger partial charge in [-0.15, -0.1) is 0 Å². The van der Waals surface area contributed by atoms with E-state index in [1.807, 2.05) is 91.0 Å². The van der Waals surface area contributed by atoms with E-state index in [0.717, 1.165) is 15.6 Å². The third kappa shape index (κ3) is 3.76. The van der Waals surface area contributed by atoms with Crippen molar-refractivity contribution < 1.29 is 20.2 Å². The minimum atomic E-state index is -3.35. The van der Waals surface area contributed by atoms with E-state index in [1.165, 1.54) is 0 Å². The molecule has 0 saturated carbocycles. The summed E-state index contributed by atoms with van der Waals surface area (Å²) < 4.78 is 39.6. The minimum absolute atomic E-state index is 0.243. The fourth-order valence-electron chi connectivity index (χ4n) is 3.68. The van der Waals surface area contributed by atoms with Crippen molar-refractivity contribution >= 4 is 36.1 Å². The van der Waals surface area contributed by atoms with Crippen molar-refractivity contribution in [3.05, 3.63) is 115 Å². The van der Waals surface area contributed by atoms with Crippen molar-refractivity contribution in [2.75, 3.05) is 0 Å². The molecule has 0 aliphatic rings. The number of benzene rings is 4. The molecular formula is C24H21BO3Si. The molecule has 0 fully saturated rings. The van der Waals surface area contributed by atoms with Crippen LogP contribution in [0.25, 0.3) is 0 Å². The van der Waals surface area contributed by atoms with Crippen LogP contribution < -0.4 is 25.4 Å². The van der Waals surface area contributed by atoms with Crippen molar-refractivity contribution in [1.29, 1.82) is 0 Å². The van der Waals surface area contributed by atoms with Crippen LogP contribution in [-0.4, -0.2) is 25.4 Å². The third-order valence-electron chi connectivity index (χ3n) is 4.82. The second-order valence-corrected chi connectivity index (χ2v) is 10.2. The van der Waals surface area contributed by atoms with Gasteiger partial charge in [-0.05, 0) is 32.8 Å². The topological polar surface area (TPSA) is 49.7 Å². The summed E-state index contributed by atoms with van der Waals surface area (Å²) in [6.45, 7) is 0. The summed E-state index contributed by atoms with van der Waals surface area (Å²) in [7, 11) is -5.61. The van der Waals surface area contributed by atoms with Gasteiger partial charge < -0.3 is 14.7 Å². The molecule has 4 aromatic carbocycles. The molecule has 4 aromatic rings. The van der Waals surface area contributed by atoms with Crippen LogP contribution in [0.3, 0.4) is 0 Å². The summed E-state index contributed by atoms with van der Waals surface area (Å²) in [5.41, 5.74) is 0. The summed E-state index contributed by atoms with van der Waals surface area (Å²) in [6.07, 6.45) is 0. The Balaban J connectivity index is 2.24. The zero-order valence-corrected chi connectivity index (χ0v) is 16.5. The summed E-state index contributed by atoms with van der Waals surface area (Å²) >= 11 is 0. The predicted molar refractivity (Wildman–Crippen MR) is 121 cm³/mol. The van der Waals surface area contributed by atoms with Crippen LogP contribution in [0.15, 0.2) is 115 Å². The zero-order valence-electron chi connectivity index (χ0n) is 19.5. The second-order valence-electron chi connectivity index (χ2n) is 6.50. The molecule has 0 bridgehead atoms. The molecule has 4 rings (SSSR count). The molecule has 0 aliphatic heterocycles. The molecule has 0 unspecified atom stereocenters. The van der Waals surface area contributed by atoms with Crippen molar-refractivity contribution in [2.24, 2.45) is 0 Å². The van der Waals surface area contributed by atoms with Crippen LogP contribution in [0, 0.1) is 0 Å². The Labute approximate surface area is 177 Å². The van der Waals surface area contributed by atoms with E-state index in [0.29, 0.717) is 0 Å². The molecule has 0 spiro atoms. The maximum Gasteiger partial charge on any atom is 0.707 e. The maximum absolute atomic E-state index is 9.43. The molecule has 0 radical (unpaired) electrons. The Morgan fingerprint density at radius 3 is 1.52 bits per heavy atom. The van der Waals surface area contributed by atoms with E-state index in [9.17, 15) is 10.0 Å². The van der Waals surface area contributed by atoms with E-state index < -0.39 is 33.2 Å². The molecule has 0 heterocycles. The van der Waals surface area contributed by atoms with E-state index in [2.05, 4.69) is 0 Å². The van der Waals surface area contributed by atoms with Gasteiger partial charge in [-0.1, -0.05) is 103 Å². The largest absolute Gasteiger partial charge is 0.707 e. The summed E-state index contributed by atoms with van der Waals surface area (Å²) in [4.78, 5) is 0. The van der Waals surface area contributed by atoms with E-state index in [4.69, 9.17) is 10.1 Å². The van der Waals surface area contributed by atoms with Gasteiger partial charge in [0.15, 0.2) is 8.07 Å². The predicted octanol–water partition coefficient (Wildman–Crippen LogP) is 1.41. The minimum Gasteiger partial charge on any atom is -0.512 e. The summed E-state index contributed by atoms with van der Waals surface area (Å²) in [5, 5.41) is 21.8. The molecule has 0 amide bonds. The lowest BCUT2D eigenvalue weighted by atomic mass is 10.2. The second kappa shape index (κ2) is 8.49. The van der Waals surface area contributed by atoms with Gasteiger partial charge in [0.25, 0.3) is 0 Å². The standard InChI is InChI=1S/C24H21BO3Si/c26-25(27)28-20-11-10-18-24(19-20)29(21-12-4-1-5-13-21,22-14-6-2-7-15-22)23-16-8-3-9-17-23/h1-19,26-27H/i10D,11D,18D,19D. The SMILES string of the molecule is [2H]c1c([2H])c(OB(O)O)c([2H])c([Si](c2ccccc2)(c2ccccc2)c2ccccc2)c1[2H]. The molecule has 29 heavy (non-hydrogen) atoms. The Kier molecular flexibility index (Phi) is 4.34. The van der Waals surface area contributed by atoms with Crippen molar-refractivity contribution in [3.8, 4) is 5.75 Å². The highest BCUT2D eigenvalue weighted by Gasteiger charge is 2.41. The molecule has 142 valence electrons. The highest BCUT2D eigenvalue weighted by molar-refractivity contribution is 7.19. The molecular weight excluding hydrogens is 375 g/mol. The quantitative estimate of drug-likeness (QED) is 0.380. The van der Waals surface area contributed by atoms with Crippen LogP contribution in [0.1, 0.15) is 5.48 Å². The average molecular weight is 400 g/mol. The normalized spacial score (nSPS) is 13.0. The Morgan fingerprint density at radius 2 is 1.10 bits per heavy atom. The van der Waals surface area contributed by atoms with Crippen LogP contribution >= 0.6 is 0 Å². The highest BCUT2D eigenvalue weighted by atomic mass is 28.3. The van der Waals surface area contributed by atoms with Gasteiger partial charge >= 0.3 is 7.32 Å². The summed E-state index contributed by atoms with van der Waals surface area (Å²) in [6, 6.07) is 27.2. The molecule has 5 heteroatoms. The molecule has 3 nitrogen and oxygen atoms in total. The van der Waals surface area contributed by atoms with E-state index in [-0.39, 0.29) is 17.3 Å². The lowest BCUT2D eigenvalue weighted by molar-refractivity contribution is 0.288. The van der Waals surface area contributed by atoms with Gasteiger partial charge in [0.2, 0.25) is 0 Å². The smallest absolute Gasteiger partial charge is 0.512 e. The third-order valence-corrected chi connectivity index (χ3v) is 9.42. The Morgan fingerprint density at radius 1 is 0.655 bits per heavy atom. The Hall–Kier alpha value is -3.12. The fraction of sp³-hybridized carbons (Fsp3) is 0. The van der Waals surface area contributed by atoms with Gasteiger partial charge in [-0.2, -0.15) is 0 Å².